The van der Waals surface area contributed by atoms with Crippen molar-refractivity contribution in [3.63, 3.8) is 0 Å². The van der Waals surface area contributed by atoms with Crippen molar-refractivity contribution in [2.75, 3.05) is 7.11 Å². The number of carbonyl (C=O) groups is 1. The van der Waals surface area contributed by atoms with Crippen LogP contribution in [0.1, 0.15) is 21.8 Å². The minimum atomic E-state index is -0.575. The molecular formula is C24H19NO4. The van der Waals surface area contributed by atoms with Crippen molar-refractivity contribution in [3.05, 3.63) is 102 Å². The summed E-state index contributed by atoms with van der Waals surface area (Å²) >= 11 is 0. The number of rotatable bonds is 6. The molecule has 0 saturated carbocycles. The van der Waals surface area contributed by atoms with Crippen LogP contribution >= 0.6 is 0 Å². The summed E-state index contributed by atoms with van der Waals surface area (Å²) in [5.41, 5.74) is 2.30. The first-order valence-corrected chi connectivity index (χ1v) is 9.18. The van der Waals surface area contributed by atoms with Gasteiger partial charge in [-0.05, 0) is 42.0 Å². The predicted molar refractivity (Wildman–Crippen MR) is 109 cm³/mol. The average Bonchev–Trinajstić information content (AvgIpc) is 3.19. The van der Waals surface area contributed by atoms with Gasteiger partial charge in [0.05, 0.1) is 12.8 Å². The Balaban J connectivity index is 1.68. The van der Waals surface area contributed by atoms with Crippen LogP contribution in [0, 0.1) is 0 Å². The summed E-state index contributed by atoms with van der Waals surface area (Å²) in [5.74, 6) is 1.07. The van der Waals surface area contributed by atoms with Gasteiger partial charge in [0.1, 0.15) is 11.5 Å². The summed E-state index contributed by atoms with van der Waals surface area (Å²) in [6.45, 7) is 0. The summed E-state index contributed by atoms with van der Waals surface area (Å²) in [6.07, 6.45) is 0.458. The van der Waals surface area contributed by atoms with Gasteiger partial charge in [-0.2, -0.15) is 0 Å². The Bertz CT molecular complexity index is 1090. The van der Waals surface area contributed by atoms with Gasteiger partial charge in [-0.3, -0.25) is 0 Å². The number of esters is 1. The highest BCUT2D eigenvalue weighted by molar-refractivity contribution is 5.90. The van der Waals surface area contributed by atoms with Gasteiger partial charge in [-0.25, -0.2) is 9.78 Å². The van der Waals surface area contributed by atoms with Crippen LogP contribution in [0.15, 0.2) is 89.3 Å². The largest absolute Gasteiger partial charge is 0.497 e. The van der Waals surface area contributed by atoms with E-state index in [0.717, 1.165) is 16.9 Å². The molecule has 0 aliphatic heterocycles. The van der Waals surface area contributed by atoms with E-state index in [2.05, 4.69) is 4.98 Å². The lowest BCUT2D eigenvalue weighted by atomic mass is 10.1. The van der Waals surface area contributed by atoms with Crippen molar-refractivity contribution < 1.29 is 18.7 Å². The van der Waals surface area contributed by atoms with E-state index in [4.69, 9.17) is 13.9 Å². The molecule has 144 valence electrons. The number of aromatic nitrogens is 1. The molecule has 5 nitrogen and oxygen atoms in total. The minimum Gasteiger partial charge on any atom is -0.497 e. The lowest BCUT2D eigenvalue weighted by Crippen LogP contribution is -2.10. The number of nitrogens with zero attached hydrogens (tertiary/aromatic N) is 1. The first kappa shape index (κ1) is 18.5. The Hall–Kier alpha value is -3.86. The number of methoxy groups -OCH3 is 1. The van der Waals surface area contributed by atoms with Crippen molar-refractivity contribution >= 4 is 5.97 Å². The Labute approximate surface area is 168 Å². The van der Waals surface area contributed by atoms with Crippen LogP contribution < -0.4 is 9.47 Å². The number of ether oxygens (including phenoxy) is 2. The van der Waals surface area contributed by atoms with E-state index >= 15 is 0 Å². The lowest BCUT2D eigenvalue weighted by Gasteiger charge is -2.03. The third kappa shape index (κ3) is 4.35. The zero-order valence-electron chi connectivity index (χ0n) is 15.9. The van der Waals surface area contributed by atoms with Crippen LogP contribution in [-0.2, 0) is 6.42 Å². The second-order valence-corrected chi connectivity index (χ2v) is 6.39. The molecule has 29 heavy (non-hydrogen) atoms. The van der Waals surface area contributed by atoms with E-state index < -0.39 is 5.97 Å². The molecule has 0 atom stereocenters. The van der Waals surface area contributed by atoms with E-state index in [9.17, 15) is 4.79 Å². The smallest absolute Gasteiger partial charge is 0.381 e. The fraction of sp³-hybridized carbons (Fsp3) is 0.0833. The highest BCUT2D eigenvalue weighted by Gasteiger charge is 2.23. The number of oxazole rings is 1. The van der Waals surface area contributed by atoms with Crippen LogP contribution in [0.5, 0.6) is 11.5 Å². The van der Waals surface area contributed by atoms with E-state index in [1.165, 1.54) is 0 Å². The van der Waals surface area contributed by atoms with Gasteiger partial charge < -0.3 is 13.9 Å². The van der Waals surface area contributed by atoms with Gasteiger partial charge in [0.15, 0.2) is 0 Å². The summed E-state index contributed by atoms with van der Waals surface area (Å²) in [7, 11) is 1.61. The van der Waals surface area contributed by atoms with E-state index in [1.54, 1.807) is 31.4 Å². The van der Waals surface area contributed by atoms with Gasteiger partial charge >= 0.3 is 5.97 Å². The van der Waals surface area contributed by atoms with Crippen LogP contribution in [0.4, 0.5) is 0 Å². The van der Waals surface area contributed by atoms with Crippen molar-refractivity contribution in [1.82, 2.24) is 4.98 Å². The molecule has 0 unspecified atom stereocenters. The van der Waals surface area contributed by atoms with Crippen LogP contribution in [0.25, 0.3) is 11.5 Å². The highest BCUT2D eigenvalue weighted by Crippen LogP contribution is 2.26. The summed E-state index contributed by atoms with van der Waals surface area (Å²) < 4.78 is 16.5. The van der Waals surface area contributed by atoms with Crippen LogP contribution in [0.2, 0.25) is 0 Å². The summed E-state index contributed by atoms with van der Waals surface area (Å²) in [6, 6.07) is 26.0. The molecule has 0 aliphatic rings. The Kier molecular flexibility index (Phi) is 5.38. The Morgan fingerprint density at radius 2 is 1.52 bits per heavy atom. The van der Waals surface area contributed by atoms with Crippen molar-refractivity contribution in [2.24, 2.45) is 0 Å². The molecule has 0 saturated heterocycles. The molecule has 0 N–H and O–H groups in total. The van der Waals surface area contributed by atoms with E-state index in [0.29, 0.717) is 23.8 Å². The maximum absolute atomic E-state index is 12.8. The minimum absolute atomic E-state index is 0.100. The molecule has 0 radical (unpaired) electrons. The van der Waals surface area contributed by atoms with Gasteiger partial charge in [0.25, 0.3) is 0 Å². The van der Waals surface area contributed by atoms with E-state index in [-0.39, 0.29) is 5.76 Å². The standard InChI is InChI=1S/C24H19NO4/c1-27-19-14-12-18(13-15-19)23-25-21(16-17-8-4-2-5-9-17)22(29-23)24(26)28-20-10-6-3-7-11-20/h2-15H,16H2,1H3. The van der Waals surface area contributed by atoms with Gasteiger partial charge in [-0.15, -0.1) is 0 Å². The first-order chi connectivity index (χ1) is 14.2. The molecule has 4 rings (SSSR count). The normalized spacial score (nSPS) is 10.5. The molecule has 1 aromatic heterocycles. The molecule has 0 fully saturated rings. The topological polar surface area (TPSA) is 61.6 Å². The van der Waals surface area contributed by atoms with Gasteiger partial charge in [-0.1, -0.05) is 48.5 Å². The predicted octanol–water partition coefficient (Wildman–Crippen LogP) is 5.16. The molecule has 4 aromatic rings. The molecule has 5 heteroatoms. The molecule has 0 aliphatic carbocycles. The Morgan fingerprint density at radius 1 is 0.862 bits per heavy atom. The number of hydrogen-bond acceptors (Lipinski definition) is 5. The monoisotopic (exact) mass is 385 g/mol. The molecule has 3 aromatic carbocycles. The number of para-hydroxylation sites is 1. The maximum Gasteiger partial charge on any atom is 0.381 e. The first-order valence-electron chi connectivity index (χ1n) is 9.18. The molecule has 0 amide bonds. The zero-order valence-corrected chi connectivity index (χ0v) is 15.9. The third-order valence-electron chi connectivity index (χ3n) is 4.39. The third-order valence-corrected chi connectivity index (χ3v) is 4.39. The second kappa shape index (κ2) is 8.44. The average molecular weight is 385 g/mol. The number of benzene rings is 3. The summed E-state index contributed by atoms with van der Waals surface area (Å²) in [4.78, 5) is 17.4. The molecule has 0 bridgehead atoms. The molecular weight excluding hydrogens is 366 g/mol. The van der Waals surface area contributed by atoms with Crippen molar-refractivity contribution in [1.29, 1.82) is 0 Å². The fourth-order valence-corrected chi connectivity index (χ4v) is 2.92. The van der Waals surface area contributed by atoms with Gasteiger partial charge in [0.2, 0.25) is 11.7 Å². The Morgan fingerprint density at radius 3 is 2.17 bits per heavy atom. The molecule has 0 spiro atoms. The van der Waals surface area contributed by atoms with Gasteiger partial charge in [0, 0.05) is 12.0 Å². The second-order valence-electron chi connectivity index (χ2n) is 6.39. The molecule has 1 heterocycles. The van der Waals surface area contributed by atoms with Crippen LogP contribution in [0.3, 0.4) is 0 Å². The highest BCUT2D eigenvalue weighted by atomic mass is 16.5. The lowest BCUT2D eigenvalue weighted by molar-refractivity contribution is 0.0701. The number of carbonyl (C=O) groups excluding carboxylic acids is 1. The van der Waals surface area contributed by atoms with Crippen molar-refractivity contribution in [3.8, 4) is 23.0 Å². The van der Waals surface area contributed by atoms with Crippen molar-refractivity contribution in [2.45, 2.75) is 6.42 Å². The SMILES string of the molecule is COc1ccc(-c2nc(Cc3ccccc3)c(C(=O)Oc3ccccc3)o2)cc1. The van der Waals surface area contributed by atoms with E-state index in [1.807, 2.05) is 60.7 Å². The number of hydrogen-bond donors (Lipinski definition) is 0. The fourth-order valence-electron chi connectivity index (χ4n) is 2.92. The van der Waals surface area contributed by atoms with Crippen LogP contribution in [-0.4, -0.2) is 18.1 Å². The maximum atomic E-state index is 12.8. The zero-order chi connectivity index (χ0) is 20.1. The summed E-state index contributed by atoms with van der Waals surface area (Å²) in [5, 5.41) is 0. The quantitative estimate of drug-likeness (QED) is 0.339.